The second kappa shape index (κ2) is 11.2. The van der Waals surface area contributed by atoms with Gasteiger partial charge in [-0.3, -0.25) is 4.99 Å². The van der Waals surface area contributed by atoms with Crippen LogP contribution in [0.25, 0.3) is 0 Å². The predicted molar refractivity (Wildman–Crippen MR) is 131 cm³/mol. The van der Waals surface area contributed by atoms with Gasteiger partial charge in [0.15, 0.2) is 11.5 Å². The van der Waals surface area contributed by atoms with E-state index in [9.17, 15) is 0 Å². The Morgan fingerprint density at radius 1 is 0.933 bits per heavy atom. The van der Waals surface area contributed by atoms with Gasteiger partial charge >= 0.3 is 0 Å². The highest BCUT2D eigenvalue weighted by Crippen LogP contribution is 2.35. The molecule has 3 aromatic rings. The van der Waals surface area contributed by atoms with Crippen LogP contribution < -0.4 is 14.2 Å². The maximum absolute atomic E-state index is 6.24. The van der Waals surface area contributed by atoms with Gasteiger partial charge in [0.1, 0.15) is 12.4 Å². The van der Waals surface area contributed by atoms with Crippen LogP contribution in [0.4, 0.5) is 5.69 Å². The number of nitrogens with zero attached hydrogens (tertiary/aromatic N) is 1. The number of hydrogen-bond acceptors (Lipinski definition) is 4. The van der Waals surface area contributed by atoms with Crippen LogP contribution in [-0.4, -0.2) is 19.4 Å². The van der Waals surface area contributed by atoms with E-state index in [2.05, 4.69) is 27.6 Å². The van der Waals surface area contributed by atoms with Crippen LogP contribution in [0.15, 0.2) is 65.7 Å². The Morgan fingerprint density at radius 3 is 2.37 bits per heavy atom. The SMILES string of the molecule is CCOc1ccc(N=Cc2cc(I)c(OCc3ccccc3Cl)c(OCC)c2)cc1. The monoisotopic (exact) mass is 535 g/mol. The summed E-state index contributed by atoms with van der Waals surface area (Å²) in [5, 5.41) is 0.685. The predicted octanol–water partition coefficient (Wildman–Crippen LogP) is 7.07. The second-order valence-corrected chi connectivity index (χ2v) is 7.90. The van der Waals surface area contributed by atoms with Crippen molar-refractivity contribution in [1.29, 1.82) is 0 Å². The third-order valence-electron chi connectivity index (χ3n) is 4.17. The third kappa shape index (κ3) is 6.12. The maximum atomic E-state index is 6.24. The molecule has 0 aliphatic rings. The van der Waals surface area contributed by atoms with Crippen molar-refractivity contribution in [1.82, 2.24) is 0 Å². The summed E-state index contributed by atoms with van der Waals surface area (Å²) in [4.78, 5) is 4.56. The Labute approximate surface area is 196 Å². The molecule has 0 saturated carbocycles. The number of rotatable bonds is 9. The zero-order valence-corrected chi connectivity index (χ0v) is 19.8. The zero-order valence-electron chi connectivity index (χ0n) is 16.9. The molecule has 0 aliphatic carbocycles. The van der Waals surface area contributed by atoms with Crippen LogP contribution in [0.3, 0.4) is 0 Å². The summed E-state index contributed by atoms with van der Waals surface area (Å²) >= 11 is 8.50. The van der Waals surface area contributed by atoms with E-state index in [0.29, 0.717) is 36.3 Å². The van der Waals surface area contributed by atoms with E-state index >= 15 is 0 Å². The molecule has 156 valence electrons. The van der Waals surface area contributed by atoms with Crippen molar-refractivity contribution in [3.05, 3.63) is 80.4 Å². The van der Waals surface area contributed by atoms with Crippen LogP contribution >= 0.6 is 34.2 Å². The van der Waals surface area contributed by atoms with Crippen molar-refractivity contribution in [2.45, 2.75) is 20.5 Å². The van der Waals surface area contributed by atoms with E-state index in [0.717, 1.165) is 26.1 Å². The minimum absolute atomic E-state index is 0.370. The van der Waals surface area contributed by atoms with Crippen LogP contribution in [0.2, 0.25) is 5.02 Å². The van der Waals surface area contributed by atoms with Gasteiger partial charge < -0.3 is 14.2 Å². The zero-order chi connectivity index (χ0) is 21.3. The smallest absolute Gasteiger partial charge is 0.175 e. The topological polar surface area (TPSA) is 40.0 Å². The molecule has 0 heterocycles. The van der Waals surface area contributed by atoms with E-state index in [1.165, 1.54) is 0 Å². The fraction of sp³-hybridized carbons (Fsp3) is 0.208. The molecule has 0 bridgehead atoms. The minimum atomic E-state index is 0.370. The van der Waals surface area contributed by atoms with Gasteiger partial charge in [-0.2, -0.15) is 0 Å². The van der Waals surface area contributed by atoms with E-state index in [4.69, 9.17) is 25.8 Å². The van der Waals surface area contributed by atoms with E-state index < -0.39 is 0 Å². The van der Waals surface area contributed by atoms with Gasteiger partial charge in [-0.1, -0.05) is 29.8 Å². The standard InChI is InChI=1S/C24H23ClINO3/c1-3-28-20-11-9-19(10-12-20)27-15-17-13-22(26)24(23(14-17)29-4-2)30-16-18-7-5-6-8-21(18)25/h5-15H,3-4,16H2,1-2H3. The lowest BCUT2D eigenvalue weighted by molar-refractivity contribution is 0.267. The molecular formula is C24H23ClINO3. The van der Waals surface area contributed by atoms with Crippen molar-refractivity contribution >= 4 is 46.1 Å². The van der Waals surface area contributed by atoms with Gasteiger partial charge in [-0.25, -0.2) is 0 Å². The molecule has 0 radical (unpaired) electrons. The summed E-state index contributed by atoms with van der Waals surface area (Å²) in [5.74, 6) is 2.23. The first-order chi connectivity index (χ1) is 14.6. The number of aliphatic imine (C=N–C) groups is 1. The first-order valence-corrected chi connectivity index (χ1v) is 11.2. The van der Waals surface area contributed by atoms with Crippen molar-refractivity contribution in [2.24, 2.45) is 4.99 Å². The summed E-state index contributed by atoms with van der Waals surface area (Å²) in [7, 11) is 0. The Morgan fingerprint density at radius 2 is 1.67 bits per heavy atom. The number of halogens is 2. The van der Waals surface area contributed by atoms with Crippen molar-refractivity contribution in [3.63, 3.8) is 0 Å². The van der Waals surface area contributed by atoms with Gasteiger partial charge in [-0.05, 0) is 84.5 Å². The van der Waals surface area contributed by atoms with Gasteiger partial charge in [0.05, 0.1) is 22.5 Å². The highest BCUT2D eigenvalue weighted by molar-refractivity contribution is 14.1. The lowest BCUT2D eigenvalue weighted by Crippen LogP contribution is -2.03. The first kappa shape index (κ1) is 22.4. The van der Waals surface area contributed by atoms with E-state index in [-0.39, 0.29) is 0 Å². The molecule has 0 atom stereocenters. The summed E-state index contributed by atoms with van der Waals surface area (Å²) < 4.78 is 18.3. The quantitative estimate of drug-likeness (QED) is 0.217. The molecular weight excluding hydrogens is 513 g/mol. The van der Waals surface area contributed by atoms with Crippen molar-refractivity contribution in [3.8, 4) is 17.2 Å². The van der Waals surface area contributed by atoms with Crippen LogP contribution in [0.5, 0.6) is 17.2 Å². The third-order valence-corrected chi connectivity index (χ3v) is 5.34. The Bertz CT molecular complexity index is 1010. The summed E-state index contributed by atoms with van der Waals surface area (Å²) in [5.41, 5.74) is 2.71. The van der Waals surface area contributed by atoms with Crippen LogP contribution in [-0.2, 0) is 6.61 Å². The number of ether oxygens (including phenoxy) is 3. The minimum Gasteiger partial charge on any atom is -0.494 e. The molecule has 0 aromatic heterocycles. The lowest BCUT2D eigenvalue weighted by Gasteiger charge is -2.15. The molecule has 0 amide bonds. The Kier molecular flexibility index (Phi) is 8.39. The van der Waals surface area contributed by atoms with Crippen LogP contribution in [0, 0.1) is 3.57 Å². The molecule has 3 rings (SSSR count). The second-order valence-electron chi connectivity index (χ2n) is 6.33. The average molecular weight is 536 g/mol. The fourth-order valence-electron chi connectivity index (χ4n) is 2.78. The molecule has 4 nitrogen and oxygen atoms in total. The van der Waals surface area contributed by atoms with Gasteiger partial charge in [0.2, 0.25) is 0 Å². The van der Waals surface area contributed by atoms with Gasteiger partial charge in [0, 0.05) is 16.8 Å². The molecule has 0 aliphatic heterocycles. The van der Waals surface area contributed by atoms with Crippen molar-refractivity contribution in [2.75, 3.05) is 13.2 Å². The normalized spacial score (nSPS) is 10.9. The number of benzene rings is 3. The molecule has 0 unspecified atom stereocenters. The first-order valence-electron chi connectivity index (χ1n) is 9.70. The summed E-state index contributed by atoms with van der Waals surface area (Å²) in [6.07, 6.45) is 1.82. The summed E-state index contributed by atoms with van der Waals surface area (Å²) in [6.45, 7) is 5.47. The molecule has 30 heavy (non-hydrogen) atoms. The van der Waals surface area contributed by atoms with Crippen molar-refractivity contribution < 1.29 is 14.2 Å². The Hall–Kier alpha value is -2.25. The lowest BCUT2D eigenvalue weighted by atomic mass is 10.2. The largest absolute Gasteiger partial charge is 0.494 e. The molecule has 0 saturated heterocycles. The van der Waals surface area contributed by atoms with E-state index in [1.807, 2.05) is 80.7 Å². The van der Waals surface area contributed by atoms with Crippen LogP contribution in [0.1, 0.15) is 25.0 Å². The molecule has 6 heteroatoms. The molecule has 0 spiro atoms. The average Bonchev–Trinajstić information content (AvgIpc) is 2.74. The Balaban J connectivity index is 1.79. The maximum Gasteiger partial charge on any atom is 0.175 e. The molecule has 0 N–H and O–H groups in total. The van der Waals surface area contributed by atoms with Gasteiger partial charge in [-0.15, -0.1) is 0 Å². The molecule has 0 fully saturated rings. The highest BCUT2D eigenvalue weighted by atomic mass is 127. The molecule has 3 aromatic carbocycles. The highest BCUT2D eigenvalue weighted by Gasteiger charge is 2.13. The van der Waals surface area contributed by atoms with Gasteiger partial charge in [0.25, 0.3) is 0 Å². The van der Waals surface area contributed by atoms with E-state index in [1.54, 1.807) is 0 Å². The number of hydrogen-bond donors (Lipinski definition) is 0. The summed E-state index contributed by atoms with van der Waals surface area (Å²) in [6, 6.07) is 19.3. The fourth-order valence-corrected chi connectivity index (χ4v) is 3.75.